The number of sulfonamides is 2. The van der Waals surface area contributed by atoms with Gasteiger partial charge in [-0.25, -0.2) is 26.0 Å². The zero-order valence-corrected chi connectivity index (χ0v) is 25.1. The summed E-state index contributed by atoms with van der Waals surface area (Å²) in [7, 11) is -11.4. The van der Waals surface area contributed by atoms with Gasteiger partial charge in [-0.3, -0.25) is 0 Å². The van der Waals surface area contributed by atoms with Gasteiger partial charge in [-0.2, -0.15) is 38.1 Å². The monoisotopic (exact) mass is 633 g/mol. The number of alkyl halides is 6. The van der Waals surface area contributed by atoms with Crippen molar-refractivity contribution >= 4 is 31.8 Å². The number of aryl methyl sites for hydroxylation is 2. The van der Waals surface area contributed by atoms with Crippen molar-refractivity contribution in [3.05, 3.63) is 22.8 Å². The standard InChI is InChI=1S/C21H41N2S.C2F6NO4S2/c1-4-5-6-7-8-9-10-11-12-13-15-21(2)24-19-14-16-23-18-17-22(3)20-23;3-1(4,5)14(10,11)9-15(12,13)2(6,7)8/h17-18,20-21H,4-16,19H2,1-3H3;/q+1;-1. The van der Waals surface area contributed by atoms with Gasteiger partial charge < -0.3 is 4.13 Å². The van der Waals surface area contributed by atoms with Crippen molar-refractivity contribution in [1.82, 2.24) is 4.57 Å². The van der Waals surface area contributed by atoms with E-state index in [9.17, 15) is 43.2 Å². The molecule has 0 aromatic carbocycles. The smallest absolute Gasteiger partial charge is 0.421 e. The lowest BCUT2D eigenvalue weighted by Crippen LogP contribution is -2.30. The molecular formula is C23H41F6N3O4S3. The number of unbranched alkanes of at least 4 members (excludes halogenated alkanes) is 9. The molecule has 0 saturated heterocycles. The molecule has 0 aliphatic carbocycles. The summed E-state index contributed by atoms with van der Waals surface area (Å²) < 4.78 is 114. The van der Waals surface area contributed by atoms with Crippen LogP contribution < -0.4 is 4.57 Å². The third-order valence-electron chi connectivity index (χ3n) is 5.53. The highest BCUT2D eigenvalue weighted by Crippen LogP contribution is 2.36. The van der Waals surface area contributed by atoms with Crippen LogP contribution in [-0.2, 0) is 33.6 Å². The normalized spacial score (nSPS) is 13.7. The van der Waals surface area contributed by atoms with Gasteiger partial charge in [0.15, 0.2) is 20.0 Å². The van der Waals surface area contributed by atoms with Crippen molar-refractivity contribution in [3.63, 3.8) is 0 Å². The van der Waals surface area contributed by atoms with E-state index in [1.165, 1.54) is 82.8 Å². The fourth-order valence-electron chi connectivity index (χ4n) is 3.38. The molecule has 0 spiro atoms. The van der Waals surface area contributed by atoms with E-state index in [4.69, 9.17) is 0 Å². The third-order valence-corrected chi connectivity index (χ3v) is 9.60. The van der Waals surface area contributed by atoms with E-state index in [1.807, 2.05) is 0 Å². The largest absolute Gasteiger partial charge is 0.480 e. The van der Waals surface area contributed by atoms with Crippen LogP contribution >= 0.6 is 11.8 Å². The maximum absolute atomic E-state index is 11.4. The molecule has 16 heteroatoms. The molecule has 1 aromatic rings. The van der Waals surface area contributed by atoms with Crippen LogP contribution in [0.3, 0.4) is 0 Å². The van der Waals surface area contributed by atoms with Crippen LogP contribution in [0.2, 0.25) is 0 Å². The minimum Gasteiger partial charge on any atom is -0.421 e. The lowest BCUT2D eigenvalue weighted by molar-refractivity contribution is -0.671. The quantitative estimate of drug-likeness (QED) is 0.0969. The maximum atomic E-state index is 11.4. The summed E-state index contributed by atoms with van der Waals surface area (Å²) in [4.78, 5) is 0. The Morgan fingerprint density at radius 1 is 0.821 bits per heavy atom. The molecule has 0 bridgehead atoms. The van der Waals surface area contributed by atoms with Crippen molar-refractivity contribution in [2.45, 2.75) is 114 Å². The molecule has 0 N–H and O–H groups in total. The minimum absolute atomic E-state index is 0.778. The number of halogens is 6. The first kappa shape index (κ1) is 38.0. The number of imidazole rings is 1. The van der Waals surface area contributed by atoms with E-state index in [-0.39, 0.29) is 0 Å². The molecule has 0 saturated carbocycles. The molecule has 0 fully saturated rings. The van der Waals surface area contributed by atoms with Crippen LogP contribution in [0.1, 0.15) is 90.9 Å². The molecular weight excluding hydrogens is 592 g/mol. The first-order chi connectivity index (χ1) is 17.9. The summed E-state index contributed by atoms with van der Waals surface area (Å²) in [6, 6.07) is 0. The Hall–Kier alpha value is -1.00. The van der Waals surface area contributed by atoms with Crippen LogP contribution in [0.15, 0.2) is 18.7 Å². The average molecular weight is 634 g/mol. The van der Waals surface area contributed by atoms with E-state index < -0.39 is 31.1 Å². The van der Waals surface area contributed by atoms with Gasteiger partial charge in [0.1, 0.15) is 12.4 Å². The average Bonchev–Trinajstić information content (AvgIpc) is 3.21. The molecule has 1 unspecified atom stereocenters. The Labute approximate surface area is 233 Å². The summed E-state index contributed by atoms with van der Waals surface area (Å²) in [5, 5.41) is 0.833. The first-order valence-electron chi connectivity index (χ1n) is 12.9. The molecule has 0 aliphatic rings. The van der Waals surface area contributed by atoms with Gasteiger partial charge in [0, 0.05) is 5.25 Å². The Morgan fingerprint density at radius 2 is 1.28 bits per heavy atom. The van der Waals surface area contributed by atoms with Crippen LogP contribution in [0.25, 0.3) is 4.13 Å². The molecule has 1 aromatic heterocycles. The molecule has 39 heavy (non-hydrogen) atoms. The summed E-state index contributed by atoms with van der Waals surface area (Å²) in [5.41, 5.74) is -12.4. The lowest BCUT2D eigenvalue weighted by atomic mass is 10.1. The van der Waals surface area contributed by atoms with E-state index in [0.717, 1.165) is 15.9 Å². The number of aromatic nitrogens is 2. The van der Waals surface area contributed by atoms with E-state index in [2.05, 4.69) is 60.5 Å². The molecule has 7 nitrogen and oxygen atoms in total. The van der Waals surface area contributed by atoms with E-state index in [0.29, 0.717) is 0 Å². The Bertz CT molecular complexity index is 955. The van der Waals surface area contributed by atoms with E-state index in [1.54, 1.807) is 0 Å². The highest BCUT2D eigenvalue weighted by Gasteiger charge is 2.46. The summed E-state index contributed by atoms with van der Waals surface area (Å²) in [5.74, 6) is 1.29. The van der Waals surface area contributed by atoms with Gasteiger partial charge in [-0.05, 0) is 18.6 Å². The minimum atomic E-state index is -6.72. The topological polar surface area (TPSA) is 91.2 Å². The number of hydrogen-bond acceptors (Lipinski definition) is 5. The zero-order valence-electron chi connectivity index (χ0n) is 22.7. The molecule has 1 heterocycles. The van der Waals surface area contributed by atoms with Gasteiger partial charge in [0.25, 0.3) is 0 Å². The number of thioether (sulfide) groups is 1. The second kappa shape index (κ2) is 18.4. The second-order valence-corrected chi connectivity index (χ2v) is 14.2. The van der Waals surface area contributed by atoms with Gasteiger partial charge in [-0.1, -0.05) is 78.1 Å². The fraction of sp³-hybridized carbons (Fsp3) is 0.870. The number of hydrogen-bond donors (Lipinski definition) is 0. The van der Waals surface area contributed by atoms with Gasteiger partial charge in [0.2, 0.25) is 6.33 Å². The summed E-state index contributed by atoms with van der Waals surface area (Å²) in [6.07, 6.45) is 23.5. The first-order valence-corrected chi connectivity index (χ1v) is 16.8. The van der Waals surface area contributed by atoms with Crippen molar-refractivity contribution in [2.75, 3.05) is 5.75 Å². The predicted molar refractivity (Wildman–Crippen MR) is 142 cm³/mol. The molecule has 1 atom stereocenters. The lowest BCUT2D eigenvalue weighted by Gasteiger charge is -2.22. The van der Waals surface area contributed by atoms with Gasteiger partial charge in [0.05, 0.1) is 13.6 Å². The van der Waals surface area contributed by atoms with Crippen LogP contribution in [0.4, 0.5) is 26.3 Å². The SMILES string of the molecule is CCCCCCCCCCCCC(C)SCCCn1cc[n+](C)c1.O=S(=O)([N-]S(=O)(=O)C(F)(F)F)C(F)(F)F. The van der Waals surface area contributed by atoms with Crippen molar-refractivity contribution in [2.24, 2.45) is 7.05 Å². The number of rotatable bonds is 18. The Morgan fingerprint density at radius 3 is 1.69 bits per heavy atom. The van der Waals surface area contributed by atoms with E-state index >= 15 is 0 Å². The Kier molecular flexibility index (Phi) is 18.0. The summed E-state index contributed by atoms with van der Waals surface area (Å²) >= 11 is 2.16. The van der Waals surface area contributed by atoms with Gasteiger partial charge in [-0.15, -0.1) is 0 Å². The van der Waals surface area contributed by atoms with Crippen molar-refractivity contribution in [1.29, 1.82) is 0 Å². The number of nitrogens with zero attached hydrogens (tertiary/aromatic N) is 3. The second-order valence-electron chi connectivity index (χ2n) is 9.24. The van der Waals surface area contributed by atoms with Crippen LogP contribution in [0.5, 0.6) is 0 Å². The molecule has 1 rings (SSSR count). The third kappa shape index (κ3) is 17.4. The predicted octanol–water partition coefficient (Wildman–Crippen LogP) is 7.19. The molecule has 0 amide bonds. The van der Waals surface area contributed by atoms with Crippen molar-refractivity contribution in [3.8, 4) is 0 Å². The van der Waals surface area contributed by atoms with Crippen molar-refractivity contribution < 1.29 is 47.7 Å². The van der Waals surface area contributed by atoms with Crippen LogP contribution in [0, 0.1) is 0 Å². The van der Waals surface area contributed by atoms with Crippen LogP contribution in [-0.4, -0.2) is 43.4 Å². The molecule has 232 valence electrons. The zero-order chi connectivity index (χ0) is 30.2. The Balaban J connectivity index is 0.000000830. The maximum Gasteiger partial charge on any atom is 0.480 e. The summed E-state index contributed by atoms with van der Waals surface area (Å²) in [6.45, 7) is 5.86. The molecule has 0 radical (unpaired) electrons. The van der Waals surface area contributed by atoms with Gasteiger partial charge >= 0.3 is 11.0 Å². The molecule has 0 aliphatic heterocycles. The fourth-order valence-corrected chi connectivity index (χ4v) is 6.12. The highest BCUT2D eigenvalue weighted by atomic mass is 32.3. The highest BCUT2D eigenvalue weighted by molar-refractivity contribution is 8.13.